The van der Waals surface area contributed by atoms with Crippen molar-refractivity contribution in [3.8, 4) is 0 Å². The molecule has 0 bridgehead atoms. The summed E-state index contributed by atoms with van der Waals surface area (Å²) in [4.78, 5) is 11.3. The van der Waals surface area contributed by atoms with Gasteiger partial charge in [-0.25, -0.2) is 4.79 Å². The number of nitrogens with one attached hydrogen (secondary N) is 1. The van der Waals surface area contributed by atoms with Crippen LogP contribution in [0.3, 0.4) is 0 Å². The minimum Gasteiger partial charge on any atom is -0.447 e. The van der Waals surface area contributed by atoms with E-state index >= 15 is 0 Å². The predicted molar refractivity (Wildman–Crippen MR) is 65.8 cm³/mol. The first-order valence-electron chi connectivity index (χ1n) is 5.56. The molecule has 0 aliphatic carbocycles. The summed E-state index contributed by atoms with van der Waals surface area (Å²) in [7, 11) is 0. The van der Waals surface area contributed by atoms with E-state index in [9.17, 15) is 4.79 Å². The number of benzene rings is 1. The summed E-state index contributed by atoms with van der Waals surface area (Å²) < 4.78 is 4.98. The fourth-order valence-corrected chi connectivity index (χ4v) is 1.31. The zero-order valence-corrected chi connectivity index (χ0v) is 10.3. The Labute approximate surface area is 96.8 Å². The molecule has 0 saturated heterocycles. The normalized spacial score (nSPS) is 10.6. The van der Waals surface area contributed by atoms with Crippen molar-refractivity contribution in [3.63, 3.8) is 0 Å². The second-order valence-electron chi connectivity index (χ2n) is 4.36. The molecule has 0 aliphatic heterocycles. The average molecular weight is 221 g/mol. The first-order valence-corrected chi connectivity index (χ1v) is 5.56. The molecule has 0 aromatic heterocycles. The Morgan fingerprint density at radius 1 is 1.12 bits per heavy atom. The average Bonchev–Trinajstić information content (AvgIpc) is 2.16. The second-order valence-corrected chi connectivity index (χ2v) is 4.36. The molecule has 3 heteroatoms. The van der Waals surface area contributed by atoms with Crippen molar-refractivity contribution in [2.24, 2.45) is 0 Å². The Hall–Kier alpha value is -1.51. The summed E-state index contributed by atoms with van der Waals surface area (Å²) in [5, 5.41) is 2.68. The largest absolute Gasteiger partial charge is 0.447 e. The Bertz CT molecular complexity index is 341. The van der Waals surface area contributed by atoms with Crippen molar-refractivity contribution in [2.45, 2.75) is 39.7 Å². The van der Waals surface area contributed by atoms with Gasteiger partial charge in [-0.1, -0.05) is 26.0 Å². The Kier molecular flexibility index (Phi) is 4.35. The molecule has 0 heterocycles. The molecule has 16 heavy (non-hydrogen) atoms. The van der Waals surface area contributed by atoms with Gasteiger partial charge in [-0.2, -0.15) is 0 Å². The van der Waals surface area contributed by atoms with Crippen LogP contribution in [0.4, 0.5) is 10.5 Å². The highest BCUT2D eigenvalue weighted by atomic mass is 16.6. The summed E-state index contributed by atoms with van der Waals surface area (Å²) in [6, 6.07) is 7.79. The summed E-state index contributed by atoms with van der Waals surface area (Å²) in [5.41, 5.74) is 2.01. The van der Waals surface area contributed by atoms with Gasteiger partial charge in [0.1, 0.15) is 0 Å². The molecular weight excluding hydrogens is 202 g/mol. The molecule has 3 nitrogen and oxygen atoms in total. The number of carbonyl (C=O) groups is 1. The molecule has 0 radical (unpaired) electrons. The van der Waals surface area contributed by atoms with Crippen LogP contribution in [0.1, 0.15) is 39.2 Å². The van der Waals surface area contributed by atoms with Crippen LogP contribution in [-0.4, -0.2) is 12.2 Å². The van der Waals surface area contributed by atoms with Crippen LogP contribution < -0.4 is 5.32 Å². The maximum atomic E-state index is 11.3. The van der Waals surface area contributed by atoms with Gasteiger partial charge in [0, 0.05) is 5.69 Å². The topological polar surface area (TPSA) is 38.3 Å². The fraction of sp³-hybridized carbons (Fsp3) is 0.462. The fourth-order valence-electron chi connectivity index (χ4n) is 1.31. The lowest BCUT2D eigenvalue weighted by atomic mass is 10.0. The minimum absolute atomic E-state index is 0.102. The lowest BCUT2D eigenvalue weighted by molar-refractivity contribution is 0.130. The number of hydrogen-bond acceptors (Lipinski definition) is 2. The highest BCUT2D eigenvalue weighted by Gasteiger charge is 2.05. The smallest absolute Gasteiger partial charge is 0.411 e. The van der Waals surface area contributed by atoms with E-state index < -0.39 is 6.09 Å². The number of carbonyl (C=O) groups excluding carboxylic acids is 1. The number of rotatable bonds is 3. The van der Waals surface area contributed by atoms with E-state index in [1.54, 1.807) is 0 Å². The van der Waals surface area contributed by atoms with E-state index in [4.69, 9.17) is 4.74 Å². The van der Waals surface area contributed by atoms with E-state index in [2.05, 4.69) is 19.2 Å². The Morgan fingerprint density at radius 2 is 1.69 bits per heavy atom. The molecule has 1 amide bonds. The zero-order chi connectivity index (χ0) is 12.1. The summed E-state index contributed by atoms with van der Waals surface area (Å²) in [6.07, 6.45) is -0.512. The van der Waals surface area contributed by atoms with Gasteiger partial charge >= 0.3 is 6.09 Å². The van der Waals surface area contributed by atoms with Gasteiger partial charge in [-0.15, -0.1) is 0 Å². The summed E-state index contributed by atoms with van der Waals surface area (Å²) in [6.45, 7) is 7.91. The van der Waals surface area contributed by atoms with Crippen LogP contribution in [0.5, 0.6) is 0 Å². The molecule has 0 atom stereocenters. The van der Waals surface area contributed by atoms with Crippen molar-refractivity contribution < 1.29 is 9.53 Å². The Balaban J connectivity index is 2.58. The highest BCUT2D eigenvalue weighted by molar-refractivity contribution is 5.84. The lowest BCUT2D eigenvalue weighted by Gasteiger charge is -2.10. The number of ether oxygens (including phenoxy) is 1. The van der Waals surface area contributed by atoms with Gasteiger partial charge < -0.3 is 4.74 Å². The van der Waals surface area contributed by atoms with E-state index in [1.165, 1.54) is 5.56 Å². The zero-order valence-electron chi connectivity index (χ0n) is 10.3. The van der Waals surface area contributed by atoms with Crippen LogP contribution in [0.25, 0.3) is 0 Å². The van der Waals surface area contributed by atoms with Crippen LogP contribution in [0, 0.1) is 0 Å². The quantitative estimate of drug-likeness (QED) is 0.843. The molecule has 1 aromatic rings. The van der Waals surface area contributed by atoms with Gasteiger partial charge in [-0.3, -0.25) is 5.32 Å². The third-order valence-electron chi connectivity index (χ3n) is 2.17. The maximum Gasteiger partial charge on any atom is 0.411 e. The standard InChI is InChI=1S/C13H19NO2/c1-9(2)11-5-7-12(8-6-11)14-13(15)16-10(3)4/h5-10H,1-4H3,(H,14,15). The van der Waals surface area contributed by atoms with E-state index in [0.29, 0.717) is 5.92 Å². The molecule has 0 saturated carbocycles. The first kappa shape index (κ1) is 12.6. The molecule has 1 rings (SSSR count). The molecule has 0 spiro atoms. The Morgan fingerprint density at radius 3 is 2.12 bits per heavy atom. The molecule has 0 fully saturated rings. The van der Waals surface area contributed by atoms with Crippen molar-refractivity contribution in [2.75, 3.05) is 5.32 Å². The van der Waals surface area contributed by atoms with E-state index in [0.717, 1.165) is 5.69 Å². The van der Waals surface area contributed by atoms with Crippen LogP contribution >= 0.6 is 0 Å². The molecule has 0 aliphatic rings. The molecule has 1 aromatic carbocycles. The van der Waals surface area contributed by atoms with Crippen molar-refractivity contribution in [1.82, 2.24) is 0 Å². The molecule has 1 N–H and O–H groups in total. The first-order chi connectivity index (χ1) is 7.49. The van der Waals surface area contributed by atoms with Gasteiger partial charge in [0.25, 0.3) is 0 Å². The maximum absolute atomic E-state index is 11.3. The number of anilines is 1. The molecular formula is C13H19NO2. The summed E-state index contributed by atoms with van der Waals surface area (Å²) in [5.74, 6) is 0.497. The van der Waals surface area contributed by atoms with Crippen LogP contribution in [0.15, 0.2) is 24.3 Å². The summed E-state index contributed by atoms with van der Waals surface area (Å²) >= 11 is 0. The number of amides is 1. The minimum atomic E-state index is -0.410. The monoisotopic (exact) mass is 221 g/mol. The van der Waals surface area contributed by atoms with Gasteiger partial charge in [0.05, 0.1) is 6.10 Å². The van der Waals surface area contributed by atoms with E-state index in [-0.39, 0.29) is 6.10 Å². The van der Waals surface area contributed by atoms with Crippen LogP contribution in [-0.2, 0) is 4.74 Å². The van der Waals surface area contributed by atoms with Crippen molar-refractivity contribution >= 4 is 11.8 Å². The molecule has 0 unspecified atom stereocenters. The van der Waals surface area contributed by atoms with Crippen LogP contribution in [0.2, 0.25) is 0 Å². The third-order valence-corrected chi connectivity index (χ3v) is 2.17. The van der Waals surface area contributed by atoms with Gasteiger partial charge in [0.15, 0.2) is 0 Å². The highest BCUT2D eigenvalue weighted by Crippen LogP contribution is 2.17. The molecule has 88 valence electrons. The van der Waals surface area contributed by atoms with Crippen molar-refractivity contribution in [1.29, 1.82) is 0 Å². The van der Waals surface area contributed by atoms with E-state index in [1.807, 2.05) is 38.1 Å². The SMILES string of the molecule is CC(C)OC(=O)Nc1ccc(C(C)C)cc1. The number of hydrogen-bond donors (Lipinski definition) is 1. The third kappa shape index (κ3) is 3.93. The van der Waals surface area contributed by atoms with Gasteiger partial charge in [0.2, 0.25) is 0 Å². The lowest BCUT2D eigenvalue weighted by Crippen LogP contribution is -2.17. The van der Waals surface area contributed by atoms with Gasteiger partial charge in [-0.05, 0) is 37.5 Å². The predicted octanol–water partition coefficient (Wildman–Crippen LogP) is 3.77. The van der Waals surface area contributed by atoms with Crippen molar-refractivity contribution in [3.05, 3.63) is 29.8 Å². The second kappa shape index (κ2) is 5.54.